The van der Waals surface area contributed by atoms with Crippen LogP contribution < -0.4 is 17.2 Å². The zero-order valence-electron chi connectivity index (χ0n) is 15.1. The van der Waals surface area contributed by atoms with Crippen molar-refractivity contribution < 1.29 is 4.84 Å². The summed E-state index contributed by atoms with van der Waals surface area (Å²) in [7, 11) is 0. The molecule has 1 rings (SSSR count). The molecule has 0 atom stereocenters. The fraction of sp³-hybridized carbons (Fsp3) is 0.632. The van der Waals surface area contributed by atoms with Crippen molar-refractivity contribution in [2.75, 3.05) is 18.1 Å². The largest absolute Gasteiger partial charge is 0.399 e. The Morgan fingerprint density at radius 1 is 0.833 bits per heavy atom. The van der Waals surface area contributed by atoms with E-state index in [0.717, 1.165) is 6.42 Å². The first-order valence-corrected chi connectivity index (χ1v) is 9.25. The van der Waals surface area contributed by atoms with Gasteiger partial charge in [-0.25, -0.2) is 0 Å². The number of amidine groups is 1. The molecular formula is C19H34N4O. The maximum Gasteiger partial charge on any atom is 0.170 e. The molecule has 24 heavy (non-hydrogen) atoms. The minimum absolute atomic E-state index is 0.307. The molecule has 0 aliphatic heterocycles. The molecule has 0 fully saturated rings. The van der Waals surface area contributed by atoms with Crippen LogP contribution in [0.15, 0.2) is 23.4 Å². The molecule has 1 aromatic rings. The first-order valence-electron chi connectivity index (χ1n) is 9.25. The van der Waals surface area contributed by atoms with Crippen LogP contribution in [0, 0.1) is 0 Å². The summed E-state index contributed by atoms with van der Waals surface area (Å²) in [4.78, 5) is 5.28. The SMILES string of the molecule is CCCCCCCCCCCCON=C(N)c1cc(N)cc(N)c1. The van der Waals surface area contributed by atoms with Crippen LogP contribution >= 0.6 is 0 Å². The first kappa shape index (κ1) is 20.1. The third-order valence-electron chi connectivity index (χ3n) is 4.03. The van der Waals surface area contributed by atoms with Crippen LogP contribution in [-0.2, 0) is 4.84 Å². The number of hydrogen-bond donors (Lipinski definition) is 3. The summed E-state index contributed by atoms with van der Waals surface area (Å²) in [6.07, 6.45) is 13.0. The van der Waals surface area contributed by atoms with Gasteiger partial charge in [-0.05, 0) is 31.0 Å². The van der Waals surface area contributed by atoms with Gasteiger partial charge in [0.1, 0.15) is 6.61 Å². The number of hydrogen-bond acceptors (Lipinski definition) is 4. The van der Waals surface area contributed by atoms with Crippen LogP contribution in [0.25, 0.3) is 0 Å². The van der Waals surface area contributed by atoms with E-state index < -0.39 is 0 Å². The quantitative estimate of drug-likeness (QED) is 0.163. The number of unbranched alkanes of at least 4 members (excludes halogenated alkanes) is 9. The molecule has 0 saturated heterocycles. The summed E-state index contributed by atoms with van der Waals surface area (Å²) in [6, 6.07) is 5.15. The van der Waals surface area contributed by atoms with E-state index in [1.165, 1.54) is 57.8 Å². The van der Waals surface area contributed by atoms with E-state index in [1.54, 1.807) is 18.2 Å². The lowest BCUT2D eigenvalue weighted by molar-refractivity contribution is 0.139. The van der Waals surface area contributed by atoms with E-state index in [1.807, 2.05) is 0 Å². The topological polar surface area (TPSA) is 99.6 Å². The molecule has 5 heteroatoms. The third kappa shape index (κ3) is 9.28. The van der Waals surface area contributed by atoms with Crippen molar-refractivity contribution in [1.82, 2.24) is 0 Å². The molecule has 0 radical (unpaired) electrons. The van der Waals surface area contributed by atoms with Crippen LogP contribution in [0.2, 0.25) is 0 Å². The molecule has 0 bridgehead atoms. The second-order valence-corrected chi connectivity index (χ2v) is 6.38. The van der Waals surface area contributed by atoms with Crippen molar-refractivity contribution in [3.8, 4) is 0 Å². The molecule has 0 spiro atoms. The highest BCUT2D eigenvalue weighted by molar-refractivity contribution is 5.98. The molecule has 0 amide bonds. The molecule has 5 nitrogen and oxygen atoms in total. The summed E-state index contributed by atoms with van der Waals surface area (Å²) in [5, 5.41) is 3.94. The standard InChI is InChI=1S/C19H34N4O/c1-2-3-4-5-6-7-8-9-10-11-12-24-23-19(22)16-13-17(20)15-18(21)14-16/h13-15H,2-12,20-21H2,1H3,(H2,22,23). The minimum atomic E-state index is 0.307. The van der Waals surface area contributed by atoms with E-state index in [-0.39, 0.29) is 0 Å². The molecular weight excluding hydrogens is 300 g/mol. The average Bonchev–Trinajstić information content (AvgIpc) is 2.54. The van der Waals surface area contributed by atoms with Crippen molar-refractivity contribution in [2.45, 2.75) is 71.1 Å². The first-order chi connectivity index (χ1) is 11.6. The van der Waals surface area contributed by atoms with Crippen LogP contribution in [0.5, 0.6) is 0 Å². The molecule has 0 unspecified atom stereocenters. The van der Waals surface area contributed by atoms with Gasteiger partial charge in [-0.1, -0.05) is 63.4 Å². The Labute approximate surface area is 146 Å². The number of nitrogens with zero attached hydrogens (tertiary/aromatic N) is 1. The van der Waals surface area contributed by atoms with Gasteiger partial charge < -0.3 is 22.0 Å². The summed E-state index contributed by atoms with van der Waals surface area (Å²) in [6.45, 7) is 2.85. The normalized spacial score (nSPS) is 11.6. The molecule has 0 aromatic heterocycles. The van der Waals surface area contributed by atoms with Crippen molar-refractivity contribution in [3.05, 3.63) is 23.8 Å². The molecule has 1 aromatic carbocycles. The number of nitrogen functional groups attached to an aromatic ring is 2. The number of rotatable bonds is 13. The van der Waals surface area contributed by atoms with Gasteiger partial charge in [-0.2, -0.15) is 0 Å². The number of benzene rings is 1. The zero-order valence-corrected chi connectivity index (χ0v) is 15.1. The Bertz CT molecular complexity index is 468. The zero-order chi connectivity index (χ0) is 17.6. The summed E-state index contributed by atoms with van der Waals surface area (Å²) in [5.41, 5.74) is 19.2. The monoisotopic (exact) mass is 334 g/mol. The van der Waals surface area contributed by atoms with Crippen molar-refractivity contribution in [1.29, 1.82) is 0 Å². The maximum absolute atomic E-state index is 5.88. The van der Waals surface area contributed by atoms with Gasteiger partial charge in [-0.15, -0.1) is 0 Å². The highest BCUT2D eigenvalue weighted by atomic mass is 16.6. The van der Waals surface area contributed by atoms with Gasteiger partial charge in [0.15, 0.2) is 5.84 Å². The lowest BCUT2D eigenvalue weighted by Gasteiger charge is -2.05. The number of anilines is 2. The summed E-state index contributed by atoms with van der Waals surface area (Å²) < 4.78 is 0. The summed E-state index contributed by atoms with van der Waals surface area (Å²) in [5.74, 6) is 0.307. The molecule has 6 N–H and O–H groups in total. The van der Waals surface area contributed by atoms with Gasteiger partial charge in [0, 0.05) is 16.9 Å². The number of nitrogens with two attached hydrogens (primary N) is 3. The van der Waals surface area contributed by atoms with Crippen molar-refractivity contribution >= 4 is 17.2 Å². The predicted octanol–water partition coefficient (Wildman–Crippen LogP) is 4.41. The molecule has 0 aliphatic rings. The van der Waals surface area contributed by atoms with Gasteiger partial charge in [-0.3, -0.25) is 0 Å². The molecule has 0 heterocycles. The highest BCUT2D eigenvalue weighted by Crippen LogP contribution is 2.13. The second-order valence-electron chi connectivity index (χ2n) is 6.38. The second kappa shape index (κ2) is 12.5. The van der Waals surface area contributed by atoms with Crippen LogP contribution in [0.1, 0.15) is 76.7 Å². The third-order valence-corrected chi connectivity index (χ3v) is 4.03. The van der Waals surface area contributed by atoms with E-state index >= 15 is 0 Å². The van der Waals surface area contributed by atoms with E-state index in [4.69, 9.17) is 22.0 Å². The summed E-state index contributed by atoms with van der Waals surface area (Å²) >= 11 is 0. The Balaban J connectivity index is 2.05. The lowest BCUT2D eigenvalue weighted by Crippen LogP contribution is -2.14. The van der Waals surface area contributed by atoms with Crippen LogP contribution in [-0.4, -0.2) is 12.4 Å². The average molecular weight is 335 g/mol. The van der Waals surface area contributed by atoms with Crippen LogP contribution in [0.4, 0.5) is 11.4 Å². The van der Waals surface area contributed by atoms with E-state index in [0.29, 0.717) is 29.4 Å². The van der Waals surface area contributed by atoms with Crippen molar-refractivity contribution in [2.24, 2.45) is 10.9 Å². The predicted molar refractivity (Wildman–Crippen MR) is 104 cm³/mol. The van der Waals surface area contributed by atoms with Crippen LogP contribution in [0.3, 0.4) is 0 Å². The Morgan fingerprint density at radius 3 is 1.88 bits per heavy atom. The Hall–Kier alpha value is -1.91. The smallest absolute Gasteiger partial charge is 0.170 e. The minimum Gasteiger partial charge on any atom is -0.399 e. The fourth-order valence-corrected chi connectivity index (χ4v) is 2.65. The number of oxime groups is 1. The van der Waals surface area contributed by atoms with Crippen molar-refractivity contribution in [3.63, 3.8) is 0 Å². The van der Waals surface area contributed by atoms with E-state index in [2.05, 4.69) is 12.1 Å². The molecule has 0 aliphatic carbocycles. The highest BCUT2D eigenvalue weighted by Gasteiger charge is 2.02. The Morgan fingerprint density at radius 2 is 1.33 bits per heavy atom. The molecule has 0 saturated carbocycles. The lowest BCUT2D eigenvalue weighted by atomic mass is 10.1. The van der Waals surface area contributed by atoms with Gasteiger partial charge in [0.05, 0.1) is 0 Å². The van der Waals surface area contributed by atoms with Gasteiger partial charge >= 0.3 is 0 Å². The van der Waals surface area contributed by atoms with E-state index in [9.17, 15) is 0 Å². The van der Waals surface area contributed by atoms with Gasteiger partial charge in [0.25, 0.3) is 0 Å². The Kier molecular flexibility index (Phi) is 10.5. The maximum atomic E-state index is 5.88. The van der Waals surface area contributed by atoms with Gasteiger partial charge in [0.2, 0.25) is 0 Å². The fourth-order valence-electron chi connectivity index (χ4n) is 2.65. The molecule has 136 valence electrons.